The maximum atomic E-state index is 12.0. The Labute approximate surface area is 139 Å². The molecule has 2 aromatic rings. The van der Waals surface area contributed by atoms with E-state index in [4.69, 9.17) is 12.2 Å². The van der Waals surface area contributed by atoms with E-state index >= 15 is 0 Å². The van der Waals surface area contributed by atoms with Gasteiger partial charge in [0.2, 0.25) is 0 Å². The van der Waals surface area contributed by atoms with E-state index < -0.39 is 0 Å². The molecule has 1 aromatic carbocycles. The molecule has 1 amide bonds. The van der Waals surface area contributed by atoms with Crippen LogP contribution in [0, 0.1) is 5.92 Å². The first-order valence-corrected chi connectivity index (χ1v) is 8.50. The van der Waals surface area contributed by atoms with E-state index in [1.807, 2.05) is 18.2 Å². The molecule has 4 nitrogen and oxygen atoms in total. The summed E-state index contributed by atoms with van der Waals surface area (Å²) in [5, 5.41) is 6.75. The summed E-state index contributed by atoms with van der Waals surface area (Å²) in [6.45, 7) is 2.26. The van der Waals surface area contributed by atoms with Crippen molar-refractivity contribution in [1.82, 2.24) is 10.3 Å². The number of hydrogen-bond acceptors (Lipinski definition) is 4. The molecule has 114 valence electrons. The molecular formula is C16H17N3OS2. The summed E-state index contributed by atoms with van der Waals surface area (Å²) in [7, 11) is 0. The van der Waals surface area contributed by atoms with E-state index in [2.05, 4.69) is 22.5 Å². The van der Waals surface area contributed by atoms with Gasteiger partial charge in [-0.15, -0.1) is 11.3 Å². The quantitative estimate of drug-likeness (QED) is 0.828. The van der Waals surface area contributed by atoms with Crippen LogP contribution in [0.15, 0.2) is 30.3 Å². The average molecular weight is 331 g/mol. The van der Waals surface area contributed by atoms with E-state index in [0.29, 0.717) is 11.5 Å². The summed E-state index contributed by atoms with van der Waals surface area (Å²) in [5.74, 6) is 0.499. The number of thiazole rings is 1. The van der Waals surface area contributed by atoms with Crippen LogP contribution in [0.2, 0.25) is 0 Å². The fourth-order valence-electron chi connectivity index (χ4n) is 2.49. The van der Waals surface area contributed by atoms with Crippen LogP contribution in [0.1, 0.15) is 34.3 Å². The number of aromatic nitrogens is 1. The summed E-state index contributed by atoms with van der Waals surface area (Å²) in [6.07, 6.45) is 3.29. The smallest absolute Gasteiger partial charge is 0.257 e. The van der Waals surface area contributed by atoms with Gasteiger partial charge < -0.3 is 5.32 Å². The molecule has 3 rings (SSSR count). The zero-order valence-electron chi connectivity index (χ0n) is 12.3. The molecule has 2 N–H and O–H groups in total. The molecule has 6 heteroatoms. The predicted octanol–water partition coefficient (Wildman–Crippen LogP) is 3.39. The number of benzene rings is 1. The second-order valence-corrected chi connectivity index (χ2v) is 7.00. The first-order valence-electron chi connectivity index (χ1n) is 7.28. The zero-order valence-corrected chi connectivity index (χ0v) is 13.9. The number of rotatable bonds is 2. The molecule has 0 saturated carbocycles. The minimum Gasteiger partial charge on any atom is -0.308 e. The summed E-state index contributed by atoms with van der Waals surface area (Å²) >= 11 is 6.83. The van der Waals surface area contributed by atoms with Crippen LogP contribution in [-0.2, 0) is 12.8 Å². The number of amides is 1. The summed E-state index contributed by atoms with van der Waals surface area (Å²) in [5.41, 5.74) is 1.75. The van der Waals surface area contributed by atoms with Crippen molar-refractivity contribution in [3.05, 3.63) is 46.5 Å². The van der Waals surface area contributed by atoms with Crippen LogP contribution in [0.4, 0.5) is 5.13 Å². The number of carbonyl (C=O) groups is 1. The van der Waals surface area contributed by atoms with Crippen molar-refractivity contribution in [2.24, 2.45) is 5.92 Å². The van der Waals surface area contributed by atoms with Crippen LogP contribution in [-0.4, -0.2) is 16.0 Å². The third-order valence-corrected chi connectivity index (χ3v) is 4.91. The molecular weight excluding hydrogens is 314 g/mol. The van der Waals surface area contributed by atoms with E-state index in [-0.39, 0.29) is 11.0 Å². The Balaban J connectivity index is 1.62. The third-order valence-electron chi connectivity index (χ3n) is 3.67. The second-order valence-electron chi connectivity index (χ2n) is 5.51. The Morgan fingerprint density at radius 3 is 2.91 bits per heavy atom. The lowest BCUT2D eigenvalue weighted by molar-refractivity contribution is 0.0978. The number of thiocarbonyl (C=S) groups is 1. The first kappa shape index (κ1) is 15.1. The van der Waals surface area contributed by atoms with E-state index in [0.717, 1.165) is 18.0 Å². The molecule has 0 radical (unpaired) electrons. The van der Waals surface area contributed by atoms with Crippen molar-refractivity contribution in [1.29, 1.82) is 0 Å². The molecule has 0 aliphatic heterocycles. The number of fused-ring (bicyclic) bond motifs is 1. The molecule has 1 heterocycles. The molecule has 1 aliphatic carbocycles. The average Bonchev–Trinajstić information content (AvgIpc) is 2.89. The normalized spacial score (nSPS) is 16.7. The van der Waals surface area contributed by atoms with E-state index in [9.17, 15) is 4.79 Å². The minimum atomic E-state index is -0.215. The van der Waals surface area contributed by atoms with Crippen LogP contribution >= 0.6 is 23.6 Å². The Kier molecular flexibility index (Phi) is 4.49. The lowest BCUT2D eigenvalue weighted by Gasteiger charge is -2.15. The standard InChI is InChI=1S/C16H17N3OS2/c1-10-7-8-12-13(9-10)22-16(17-12)19-15(21)18-14(20)11-5-3-2-4-6-11/h2-6,10H,7-9H2,1H3,(H2,17,18,19,20,21). The van der Waals surface area contributed by atoms with Crippen molar-refractivity contribution < 1.29 is 4.79 Å². The fourth-order valence-corrected chi connectivity index (χ4v) is 3.92. The second kappa shape index (κ2) is 6.54. The van der Waals surface area contributed by atoms with Gasteiger partial charge in [0.15, 0.2) is 10.2 Å². The van der Waals surface area contributed by atoms with Crippen molar-refractivity contribution >= 4 is 39.7 Å². The SMILES string of the molecule is CC1CCc2nc(NC(=S)NC(=O)c3ccccc3)sc2C1. The lowest BCUT2D eigenvalue weighted by atomic mass is 9.93. The fraction of sp³-hybridized carbons (Fsp3) is 0.312. The van der Waals surface area contributed by atoms with Gasteiger partial charge in [-0.1, -0.05) is 25.1 Å². The highest BCUT2D eigenvalue weighted by atomic mass is 32.1. The van der Waals surface area contributed by atoms with Gasteiger partial charge in [-0.3, -0.25) is 10.1 Å². The molecule has 1 aromatic heterocycles. The number of carbonyl (C=O) groups excluding carboxylic acids is 1. The predicted molar refractivity (Wildman–Crippen MR) is 93.4 cm³/mol. The van der Waals surface area contributed by atoms with Crippen molar-refractivity contribution in [2.45, 2.75) is 26.2 Å². The molecule has 0 saturated heterocycles. The van der Waals surface area contributed by atoms with Gasteiger partial charge in [-0.25, -0.2) is 4.98 Å². The molecule has 1 atom stereocenters. The van der Waals surface area contributed by atoms with E-state index in [1.54, 1.807) is 23.5 Å². The van der Waals surface area contributed by atoms with Crippen molar-refractivity contribution in [3.8, 4) is 0 Å². The van der Waals surface area contributed by atoms with Crippen LogP contribution < -0.4 is 10.6 Å². The van der Waals surface area contributed by atoms with Crippen LogP contribution in [0.5, 0.6) is 0 Å². The molecule has 1 unspecified atom stereocenters. The number of nitrogens with one attached hydrogen (secondary N) is 2. The lowest BCUT2D eigenvalue weighted by Crippen LogP contribution is -2.34. The molecule has 0 fully saturated rings. The Morgan fingerprint density at radius 2 is 2.14 bits per heavy atom. The van der Waals surface area contributed by atoms with Gasteiger partial charge in [-0.2, -0.15) is 0 Å². The third kappa shape index (κ3) is 3.51. The monoisotopic (exact) mass is 331 g/mol. The van der Waals surface area contributed by atoms with Gasteiger partial charge in [0.25, 0.3) is 5.91 Å². The van der Waals surface area contributed by atoms with Gasteiger partial charge in [0.05, 0.1) is 5.69 Å². The highest BCUT2D eigenvalue weighted by Gasteiger charge is 2.20. The Bertz CT molecular complexity index is 697. The van der Waals surface area contributed by atoms with Gasteiger partial charge in [0.1, 0.15) is 0 Å². The number of anilines is 1. The van der Waals surface area contributed by atoms with E-state index in [1.165, 1.54) is 17.0 Å². The Morgan fingerprint density at radius 1 is 1.36 bits per heavy atom. The molecule has 0 spiro atoms. The maximum absolute atomic E-state index is 12.0. The molecule has 1 aliphatic rings. The van der Waals surface area contributed by atoms with Crippen LogP contribution in [0.25, 0.3) is 0 Å². The Hall–Kier alpha value is -1.79. The topological polar surface area (TPSA) is 54.0 Å². The molecule has 0 bridgehead atoms. The largest absolute Gasteiger partial charge is 0.308 e. The zero-order chi connectivity index (χ0) is 15.5. The summed E-state index contributed by atoms with van der Waals surface area (Å²) < 4.78 is 0. The van der Waals surface area contributed by atoms with Crippen molar-refractivity contribution in [3.63, 3.8) is 0 Å². The summed E-state index contributed by atoms with van der Waals surface area (Å²) in [6, 6.07) is 9.01. The minimum absolute atomic E-state index is 0.215. The molecule has 22 heavy (non-hydrogen) atoms. The number of nitrogens with zero attached hydrogens (tertiary/aromatic N) is 1. The van der Waals surface area contributed by atoms with Gasteiger partial charge in [0, 0.05) is 10.4 Å². The van der Waals surface area contributed by atoms with Gasteiger partial charge in [-0.05, 0) is 49.5 Å². The number of aryl methyl sites for hydroxylation is 1. The first-order chi connectivity index (χ1) is 10.6. The van der Waals surface area contributed by atoms with Crippen molar-refractivity contribution in [2.75, 3.05) is 5.32 Å². The maximum Gasteiger partial charge on any atom is 0.257 e. The van der Waals surface area contributed by atoms with Gasteiger partial charge >= 0.3 is 0 Å². The number of hydrogen-bond donors (Lipinski definition) is 2. The summed E-state index contributed by atoms with van der Waals surface area (Å²) in [4.78, 5) is 17.9. The van der Waals surface area contributed by atoms with Crippen LogP contribution in [0.3, 0.4) is 0 Å². The highest BCUT2D eigenvalue weighted by molar-refractivity contribution is 7.80. The highest BCUT2D eigenvalue weighted by Crippen LogP contribution is 2.31.